The molecule has 0 atom stereocenters. The zero-order valence-corrected chi connectivity index (χ0v) is 18.5. The van der Waals surface area contributed by atoms with Crippen LogP contribution in [0.2, 0.25) is 0 Å². The van der Waals surface area contributed by atoms with Crippen molar-refractivity contribution in [2.45, 2.75) is 19.2 Å². The van der Waals surface area contributed by atoms with Crippen LogP contribution < -0.4 is 9.47 Å². The van der Waals surface area contributed by atoms with E-state index >= 15 is 0 Å². The van der Waals surface area contributed by atoms with E-state index in [-0.39, 0.29) is 5.91 Å². The quantitative estimate of drug-likeness (QED) is 0.500. The lowest BCUT2D eigenvalue weighted by Crippen LogP contribution is -2.28. The summed E-state index contributed by atoms with van der Waals surface area (Å²) >= 11 is 1.52. The molecule has 0 fully saturated rings. The number of amides is 1. The summed E-state index contributed by atoms with van der Waals surface area (Å²) in [5.41, 5.74) is 3.84. The van der Waals surface area contributed by atoms with Gasteiger partial charge in [-0.1, -0.05) is 18.2 Å². The van der Waals surface area contributed by atoms with Crippen molar-refractivity contribution in [1.82, 2.24) is 9.88 Å². The number of hydrogen-bond donors (Lipinski definition) is 0. The van der Waals surface area contributed by atoms with E-state index < -0.39 is 0 Å². The number of aromatic nitrogens is 1. The van der Waals surface area contributed by atoms with Gasteiger partial charge in [0.1, 0.15) is 6.26 Å². The Kier molecular flexibility index (Phi) is 7.41. The van der Waals surface area contributed by atoms with Crippen molar-refractivity contribution < 1.29 is 18.7 Å². The summed E-state index contributed by atoms with van der Waals surface area (Å²) < 4.78 is 16.2. The Bertz CT molecular complexity index is 988. The topological polar surface area (TPSA) is 64.8 Å². The molecule has 2 aromatic carbocycles. The third-order valence-corrected chi connectivity index (χ3v) is 5.67. The number of nitrogens with zero attached hydrogens (tertiary/aromatic N) is 2. The smallest absolute Gasteiger partial charge is 0.232 e. The highest BCUT2D eigenvalue weighted by molar-refractivity contribution is 7.99. The predicted octanol–water partition coefficient (Wildman–Crippen LogP) is 4.56. The Labute approximate surface area is 181 Å². The number of carbonyl (C=O) groups excluding carboxylic acids is 1. The highest BCUT2D eigenvalue weighted by Gasteiger charge is 2.14. The van der Waals surface area contributed by atoms with Gasteiger partial charge in [-0.15, -0.1) is 11.8 Å². The molecule has 0 bridgehead atoms. The largest absolute Gasteiger partial charge is 0.493 e. The van der Waals surface area contributed by atoms with Crippen LogP contribution >= 0.6 is 11.8 Å². The fourth-order valence-electron chi connectivity index (χ4n) is 2.98. The molecule has 0 aliphatic rings. The maximum Gasteiger partial charge on any atom is 0.232 e. The molecule has 6 nitrogen and oxygen atoms in total. The van der Waals surface area contributed by atoms with E-state index in [0.717, 1.165) is 22.4 Å². The van der Waals surface area contributed by atoms with Crippen LogP contribution in [0.25, 0.3) is 11.5 Å². The fraction of sp³-hybridized carbons (Fsp3) is 0.304. The number of rotatable bonds is 9. The van der Waals surface area contributed by atoms with E-state index in [0.29, 0.717) is 35.4 Å². The van der Waals surface area contributed by atoms with Gasteiger partial charge in [-0.05, 0) is 42.3 Å². The molecule has 0 aliphatic heterocycles. The lowest BCUT2D eigenvalue weighted by atomic mass is 10.1. The highest BCUT2D eigenvalue weighted by atomic mass is 32.2. The van der Waals surface area contributed by atoms with Crippen molar-refractivity contribution in [2.75, 3.05) is 27.0 Å². The van der Waals surface area contributed by atoms with E-state index in [4.69, 9.17) is 13.9 Å². The summed E-state index contributed by atoms with van der Waals surface area (Å²) in [6.07, 6.45) is 1.65. The van der Waals surface area contributed by atoms with Crippen molar-refractivity contribution in [2.24, 2.45) is 0 Å². The Morgan fingerprint density at radius 1 is 1.13 bits per heavy atom. The van der Waals surface area contributed by atoms with Gasteiger partial charge in [0.25, 0.3) is 0 Å². The number of oxazole rings is 1. The molecule has 0 unspecified atom stereocenters. The van der Waals surface area contributed by atoms with Crippen LogP contribution in [0, 0.1) is 6.92 Å². The SMILES string of the molecule is COc1cc(C)c(CN(C)C(=O)CSCc2coc(-c3ccccc3)n2)cc1OC. The zero-order valence-electron chi connectivity index (χ0n) is 17.7. The van der Waals surface area contributed by atoms with Crippen molar-refractivity contribution in [1.29, 1.82) is 0 Å². The summed E-state index contributed by atoms with van der Waals surface area (Å²) in [6.45, 7) is 2.51. The second-order valence-corrected chi connectivity index (χ2v) is 7.87. The molecule has 1 amide bonds. The van der Waals surface area contributed by atoms with Crippen LogP contribution in [0.5, 0.6) is 11.5 Å². The van der Waals surface area contributed by atoms with Crippen LogP contribution in [0.15, 0.2) is 53.1 Å². The third kappa shape index (κ3) is 5.36. The van der Waals surface area contributed by atoms with Gasteiger partial charge >= 0.3 is 0 Å². The molecular weight excluding hydrogens is 400 g/mol. The normalized spacial score (nSPS) is 10.7. The number of hydrogen-bond acceptors (Lipinski definition) is 6. The standard InChI is InChI=1S/C23H26N2O4S/c1-16-10-20(27-3)21(28-4)11-18(16)12-25(2)22(26)15-30-14-19-13-29-23(24-19)17-8-6-5-7-9-17/h5-11,13H,12,14-15H2,1-4H3. The monoisotopic (exact) mass is 426 g/mol. The van der Waals surface area contributed by atoms with Crippen LogP contribution in [0.1, 0.15) is 16.8 Å². The van der Waals surface area contributed by atoms with E-state index in [9.17, 15) is 4.79 Å². The molecule has 0 N–H and O–H groups in total. The average molecular weight is 427 g/mol. The van der Waals surface area contributed by atoms with Gasteiger partial charge in [0, 0.05) is 24.9 Å². The molecule has 3 aromatic rings. The van der Waals surface area contributed by atoms with Gasteiger partial charge < -0.3 is 18.8 Å². The van der Waals surface area contributed by atoms with Gasteiger partial charge in [0.05, 0.1) is 25.7 Å². The Hall–Kier alpha value is -2.93. The van der Waals surface area contributed by atoms with Crippen LogP contribution in [-0.4, -0.2) is 42.8 Å². The number of methoxy groups -OCH3 is 2. The highest BCUT2D eigenvalue weighted by Crippen LogP contribution is 2.30. The van der Waals surface area contributed by atoms with Gasteiger partial charge in [-0.3, -0.25) is 4.79 Å². The molecule has 1 aromatic heterocycles. The molecule has 0 radical (unpaired) electrons. The van der Waals surface area contributed by atoms with Crippen LogP contribution in [-0.2, 0) is 17.1 Å². The minimum absolute atomic E-state index is 0.0564. The summed E-state index contributed by atoms with van der Waals surface area (Å²) in [6, 6.07) is 13.6. The van der Waals surface area contributed by atoms with Crippen molar-refractivity contribution in [3.8, 4) is 23.0 Å². The van der Waals surface area contributed by atoms with Crippen LogP contribution in [0.4, 0.5) is 0 Å². The number of ether oxygens (including phenoxy) is 2. The number of benzene rings is 2. The van der Waals surface area contributed by atoms with E-state index in [1.54, 1.807) is 25.4 Å². The maximum atomic E-state index is 12.6. The summed E-state index contributed by atoms with van der Waals surface area (Å²) in [5, 5.41) is 0. The second-order valence-electron chi connectivity index (χ2n) is 6.89. The maximum absolute atomic E-state index is 12.6. The van der Waals surface area contributed by atoms with Gasteiger partial charge in [-0.25, -0.2) is 4.98 Å². The minimum atomic E-state index is 0.0564. The molecule has 158 valence electrons. The number of aryl methyl sites for hydroxylation is 1. The van der Waals surface area contributed by atoms with Crippen molar-refractivity contribution in [3.05, 3.63) is 65.5 Å². The lowest BCUT2D eigenvalue weighted by molar-refractivity contribution is -0.127. The van der Waals surface area contributed by atoms with Gasteiger partial charge in [-0.2, -0.15) is 0 Å². The first-order valence-electron chi connectivity index (χ1n) is 9.55. The predicted molar refractivity (Wildman–Crippen MR) is 119 cm³/mol. The second kappa shape index (κ2) is 10.2. The average Bonchev–Trinajstić information content (AvgIpc) is 3.24. The minimum Gasteiger partial charge on any atom is -0.493 e. The molecule has 1 heterocycles. The van der Waals surface area contributed by atoms with Crippen molar-refractivity contribution in [3.63, 3.8) is 0 Å². The number of carbonyl (C=O) groups is 1. The lowest BCUT2D eigenvalue weighted by Gasteiger charge is -2.20. The first-order chi connectivity index (χ1) is 14.5. The molecule has 0 saturated heterocycles. The molecule has 0 aliphatic carbocycles. The molecule has 30 heavy (non-hydrogen) atoms. The van der Waals surface area contributed by atoms with Crippen LogP contribution in [0.3, 0.4) is 0 Å². The molecular formula is C23H26N2O4S. The summed E-state index contributed by atoms with van der Waals surface area (Å²) in [7, 11) is 5.03. The van der Waals surface area contributed by atoms with E-state index in [1.165, 1.54) is 11.8 Å². The van der Waals surface area contributed by atoms with Gasteiger partial charge in [0.15, 0.2) is 11.5 Å². The zero-order chi connectivity index (χ0) is 21.5. The first kappa shape index (κ1) is 21.8. The first-order valence-corrected chi connectivity index (χ1v) is 10.7. The van der Waals surface area contributed by atoms with Crippen molar-refractivity contribution >= 4 is 17.7 Å². The van der Waals surface area contributed by atoms with E-state index in [1.807, 2.05) is 56.4 Å². The Morgan fingerprint density at radius 2 is 1.83 bits per heavy atom. The number of thioether (sulfide) groups is 1. The molecule has 0 spiro atoms. The Balaban J connectivity index is 1.52. The molecule has 7 heteroatoms. The Morgan fingerprint density at radius 3 is 2.53 bits per heavy atom. The summed E-state index contributed by atoms with van der Waals surface area (Å²) in [5.74, 6) is 2.99. The van der Waals surface area contributed by atoms with E-state index in [2.05, 4.69) is 4.98 Å². The van der Waals surface area contributed by atoms with Gasteiger partial charge in [0.2, 0.25) is 11.8 Å². The molecule has 3 rings (SSSR count). The molecule has 0 saturated carbocycles. The third-order valence-electron chi connectivity index (χ3n) is 4.72. The summed E-state index contributed by atoms with van der Waals surface area (Å²) in [4.78, 5) is 18.8. The fourth-order valence-corrected chi connectivity index (χ4v) is 3.82.